The quantitative estimate of drug-likeness (QED) is 0.194. The molecule has 0 N–H and O–H groups in total. The zero-order chi connectivity index (χ0) is 21.1. The molecule has 4 rings (SSSR count). The second-order valence-corrected chi connectivity index (χ2v) is 7.32. The van der Waals surface area contributed by atoms with Gasteiger partial charge in [-0.05, 0) is 0 Å². The van der Waals surface area contributed by atoms with Gasteiger partial charge in [0.2, 0.25) is 0 Å². The molecular weight excluding hydrogens is 402 g/mol. The van der Waals surface area contributed by atoms with Crippen molar-refractivity contribution in [2.24, 2.45) is 0 Å². The van der Waals surface area contributed by atoms with Crippen LogP contribution in [0, 0.1) is 20.2 Å². The van der Waals surface area contributed by atoms with Crippen LogP contribution >= 0.6 is 11.3 Å². The van der Waals surface area contributed by atoms with E-state index < -0.39 is 21.2 Å². The van der Waals surface area contributed by atoms with Crippen molar-refractivity contribution in [3.05, 3.63) is 117 Å². The van der Waals surface area contributed by atoms with Crippen LogP contribution < -0.4 is 4.48 Å². The molecule has 4 aromatic rings. The Balaban J connectivity index is 2.21. The molecule has 8 heteroatoms. The fourth-order valence-corrected chi connectivity index (χ4v) is 4.81. The summed E-state index contributed by atoms with van der Waals surface area (Å²) in [5.74, 6) is 0. The maximum Gasteiger partial charge on any atom is 0.418 e. The molecule has 0 spiro atoms. The Labute approximate surface area is 176 Å². The summed E-state index contributed by atoms with van der Waals surface area (Å²) in [5, 5.41) is 25.1. The first-order valence-corrected chi connectivity index (χ1v) is 9.91. The molecular formula is C22H16N3O4S+. The van der Waals surface area contributed by atoms with Gasteiger partial charge in [0.1, 0.15) is 17.1 Å². The number of hydrogen-bond acceptors (Lipinski definition) is 5. The van der Waals surface area contributed by atoms with E-state index >= 15 is 0 Å². The Hall–Kier alpha value is -3.88. The summed E-state index contributed by atoms with van der Waals surface area (Å²) in [4.78, 5) is 22.3. The number of quaternary nitrogens is 1. The highest BCUT2D eigenvalue weighted by Crippen LogP contribution is 2.58. The first-order chi connectivity index (χ1) is 14.6. The summed E-state index contributed by atoms with van der Waals surface area (Å²) in [5.41, 5.74) is 1.19. The van der Waals surface area contributed by atoms with E-state index in [4.69, 9.17) is 0 Å². The maximum absolute atomic E-state index is 12.0. The average molecular weight is 418 g/mol. The summed E-state index contributed by atoms with van der Waals surface area (Å²) >= 11 is 1.01. The van der Waals surface area contributed by atoms with E-state index in [0.717, 1.165) is 28.4 Å². The van der Waals surface area contributed by atoms with E-state index in [9.17, 15) is 20.2 Å². The van der Waals surface area contributed by atoms with Crippen molar-refractivity contribution >= 4 is 44.8 Å². The van der Waals surface area contributed by atoms with Gasteiger partial charge in [-0.2, -0.15) is 4.48 Å². The standard InChI is InChI=1S/C22H16N3O4S/c26-23(27)20-16-30-22(21(20)24(28)29)25(17-10-4-1-5-11-17,18-12-6-2-7-13-18)19-14-8-3-9-15-19/h1-16H/q+1. The normalized spacial score (nSPS) is 11.2. The highest BCUT2D eigenvalue weighted by Gasteiger charge is 2.49. The molecule has 0 atom stereocenters. The number of nitro groups is 2. The van der Waals surface area contributed by atoms with Crippen molar-refractivity contribution in [1.29, 1.82) is 0 Å². The topological polar surface area (TPSA) is 86.3 Å². The highest BCUT2D eigenvalue weighted by atomic mass is 32.1. The van der Waals surface area contributed by atoms with Crippen LogP contribution in [0.5, 0.6) is 0 Å². The Morgan fingerprint density at radius 2 is 1.03 bits per heavy atom. The van der Waals surface area contributed by atoms with Gasteiger partial charge in [-0.1, -0.05) is 65.9 Å². The molecule has 0 saturated carbocycles. The van der Waals surface area contributed by atoms with Crippen molar-refractivity contribution in [3.63, 3.8) is 0 Å². The number of nitrogens with zero attached hydrogens (tertiary/aromatic N) is 3. The molecule has 0 aliphatic carbocycles. The monoisotopic (exact) mass is 418 g/mol. The van der Waals surface area contributed by atoms with E-state index in [-0.39, 0.29) is 9.48 Å². The van der Waals surface area contributed by atoms with Crippen LogP contribution in [0.3, 0.4) is 0 Å². The van der Waals surface area contributed by atoms with Gasteiger partial charge in [0.05, 0.1) is 15.2 Å². The fourth-order valence-electron chi connectivity index (χ4n) is 3.63. The fraction of sp³-hybridized carbons (Fsp3) is 0. The lowest BCUT2D eigenvalue weighted by Crippen LogP contribution is -2.32. The minimum atomic E-state index is -0.701. The van der Waals surface area contributed by atoms with Crippen LogP contribution in [0.1, 0.15) is 0 Å². The largest absolute Gasteiger partial charge is 0.418 e. The Morgan fingerprint density at radius 3 is 1.37 bits per heavy atom. The summed E-state index contributed by atoms with van der Waals surface area (Å²) in [6, 6.07) is 27.9. The van der Waals surface area contributed by atoms with E-state index in [1.54, 1.807) is 0 Å². The maximum atomic E-state index is 12.0. The molecule has 0 aliphatic rings. The van der Waals surface area contributed by atoms with Gasteiger partial charge in [0, 0.05) is 36.4 Å². The molecule has 0 saturated heterocycles. The Kier molecular flexibility index (Phi) is 5.09. The molecule has 0 fully saturated rings. The van der Waals surface area contributed by atoms with Gasteiger partial charge < -0.3 is 0 Å². The van der Waals surface area contributed by atoms with E-state index in [0.29, 0.717) is 0 Å². The number of benzene rings is 3. The van der Waals surface area contributed by atoms with Crippen molar-refractivity contribution in [3.8, 4) is 0 Å². The summed E-state index contributed by atoms with van der Waals surface area (Å²) < 4.78 is -0.142. The molecule has 1 heterocycles. The van der Waals surface area contributed by atoms with Crippen molar-refractivity contribution < 1.29 is 9.85 Å². The second-order valence-electron chi connectivity index (χ2n) is 6.47. The Bertz CT molecular complexity index is 1100. The molecule has 1 aromatic heterocycles. The summed E-state index contributed by atoms with van der Waals surface area (Å²) in [7, 11) is 0. The van der Waals surface area contributed by atoms with Crippen LogP contribution in [0.15, 0.2) is 96.4 Å². The molecule has 0 unspecified atom stereocenters. The predicted octanol–water partition coefficient (Wildman–Crippen LogP) is 6.87. The second kappa shape index (κ2) is 7.86. The predicted molar refractivity (Wildman–Crippen MR) is 118 cm³/mol. The minimum Gasteiger partial charge on any atom is -0.258 e. The number of rotatable bonds is 6. The molecule has 0 amide bonds. The van der Waals surface area contributed by atoms with Gasteiger partial charge >= 0.3 is 11.4 Å². The lowest BCUT2D eigenvalue weighted by molar-refractivity contribution is -0.421. The van der Waals surface area contributed by atoms with Gasteiger partial charge in [-0.15, -0.1) is 0 Å². The minimum absolute atomic E-state index is 0.142. The van der Waals surface area contributed by atoms with Crippen LogP contribution in [-0.2, 0) is 0 Å². The van der Waals surface area contributed by atoms with Crippen LogP contribution in [0.25, 0.3) is 0 Å². The zero-order valence-corrected chi connectivity index (χ0v) is 16.4. The molecule has 0 aliphatic heterocycles. The molecule has 148 valence electrons. The van der Waals surface area contributed by atoms with Crippen molar-refractivity contribution in [2.45, 2.75) is 0 Å². The first-order valence-electron chi connectivity index (χ1n) is 9.03. The summed E-state index contributed by atoms with van der Waals surface area (Å²) in [6.07, 6.45) is 0. The zero-order valence-electron chi connectivity index (χ0n) is 15.6. The summed E-state index contributed by atoms with van der Waals surface area (Å²) in [6.45, 7) is 0. The van der Waals surface area contributed by atoms with Gasteiger partial charge in [0.15, 0.2) is 0 Å². The SMILES string of the molecule is O=[N+]([O-])c1csc([N+](c2ccccc2)(c2ccccc2)c2ccccc2)c1[N+](=O)[O-]. The highest BCUT2D eigenvalue weighted by molar-refractivity contribution is 7.15. The molecule has 7 nitrogen and oxygen atoms in total. The first kappa shape index (κ1) is 19.4. The van der Waals surface area contributed by atoms with Gasteiger partial charge in [-0.25, -0.2) is 0 Å². The third-order valence-corrected chi connectivity index (χ3v) is 5.87. The molecule has 30 heavy (non-hydrogen) atoms. The number of thiophene rings is 1. The third kappa shape index (κ3) is 3.04. The van der Waals surface area contributed by atoms with Gasteiger partial charge in [-0.3, -0.25) is 20.2 Å². The average Bonchev–Trinajstić information content (AvgIpc) is 3.23. The lowest BCUT2D eigenvalue weighted by Gasteiger charge is -2.34. The smallest absolute Gasteiger partial charge is 0.258 e. The van der Waals surface area contributed by atoms with Crippen LogP contribution in [0.4, 0.5) is 33.4 Å². The van der Waals surface area contributed by atoms with E-state index in [1.165, 1.54) is 5.38 Å². The van der Waals surface area contributed by atoms with E-state index in [2.05, 4.69) is 0 Å². The number of hydrogen-bond donors (Lipinski definition) is 0. The van der Waals surface area contributed by atoms with Crippen molar-refractivity contribution in [1.82, 2.24) is 4.48 Å². The molecule has 3 aromatic carbocycles. The Morgan fingerprint density at radius 1 is 0.633 bits per heavy atom. The molecule has 0 radical (unpaired) electrons. The molecule has 0 bridgehead atoms. The lowest BCUT2D eigenvalue weighted by atomic mass is 10.1. The number of para-hydroxylation sites is 3. The van der Waals surface area contributed by atoms with Crippen LogP contribution in [-0.4, -0.2) is 9.85 Å². The van der Waals surface area contributed by atoms with Crippen LogP contribution in [0.2, 0.25) is 0 Å². The van der Waals surface area contributed by atoms with Crippen molar-refractivity contribution in [2.75, 3.05) is 0 Å². The third-order valence-electron chi connectivity index (χ3n) is 4.84. The van der Waals surface area contributed by atoms with Gasteiger partial charge in [0.25, 0.3) is 5.00 Å². The van der Waals surface area contributed by atoms with E-state index in [1.807, 2.05) is 91.0 Å².